The molecular formula is C23H34N4O4. The van der Waals surface area contributed by atoms with Gasteiger partial charge in [0, 0.05) is 58.4 Å². The number of carbonyl (C=O) groups is 2. The number of piperidine rings is 1. The quantitative estimate of drug-likeness (QED) is 0.708. The van der Waals surface area contributed by atoms with Crippen LogP contribution in [0.5, 0.6) is 0 Å². The molecule has 0 radical (unpaired) electrons. The average Bonchev–Trinajstić information content (AvgIpc) is 3.08. The van der Waals surface area contributed by atoms with Crippen molar-refractivity contribution in [2.45, 2.75) is 51.0 Å². The first-order valence-electron chi connectivity index (χ1n) is 11.4. The summed E-state index contributed by atoms with van der Waals surface area (Å²) in [7, 11) is 0. The summed E-state index contributed by atoms with van der Waals surface area (Å²) in [6.07, 6.45) is 1.72. The van der Waals surface area contributed by atoms with E-state index in [1.807, 2.05) is 11.0 Å². The Morgan fingerprint density at radius 2 is 1.71 bits per heavy atom. The molecule has 3 heterocycles. The summed E-state index contributed by atoms with van der Waals surface area (Å²) in [5, 5.41) is 8.87. The van der Waals surface area contributed by atoms with Gasteiger partial charge in [0.25, 0.3) is 0 Å². The number of likely N-dealkylation sites (tertiary alicyclic amines) is 1. The first-order chi connectivity index (χ1) is 15.0. The van der Waals surface area contributed by atoms with Crippen LogP contribution in [0.15, 0.2) is 30.3 Å². The molecule has 0 aromatic heterocycles. The maximum absolute atomic E-state index is 12.7. The van der Waals surface area contributed by atoms with Gasteiger partial charge in [-0.1, -0.05) is 30.3 Å². The summed E-state index contributed by atoms with van der Waals surface area (Å²) in [5.41, 5.74) is 1.33. The fraction of sp³-hybridized carbons (Fsp3) is 0.652. The normalized spacial score (nSPS) is 26.9. The molecule has 3 saturated heterocycles. The Hall–Kier alpha value is -2.16. The fourth-order valence-corrected chi connectivity index (χ4v) is 5.12. The second-order valence-corrected chi connectivity index (χ2v) is 8.94. The molecule has 0 saturated carbocycles. The average molecular weight is 431 g/mol. The Balaban J connectivity index is 1.26. The Bertz CT molecular complexity index is 745. The van der Waals surface area contributed by atoms with Crippen molar-refractivity contribution in [3.05, 3.63) is 35.9 Å². The van der Waals surface area contributed by atoms with Crippen molar-refractivity contribution in [3.63, 3.8) is 0 Å². The monoisotopic (exact) mass is 430 g/mol. The molecule has 3 fully saturated rings. The number of carbonyl (C=O) groups excluding carboxylic acids is 1. The number of carboxylic acid groups (broad SMARTS) is 1. The molecular weight excluding hydrogens is 396 g/mol. The Kier molecular flexibility index (Phi) is 7.09. The number of cyclic esters (lactones) is 1. The Morgan fingerprint density at radius 3 is 2.35 bits per heavy atom. The van der Waals surface area contributed by atoms with Crippen LogP contribution in [-0.4, -0.2) is 101 Å². The van der Waals surface area contributed by atoms with E-state index in [0.717, 1.165) is 58.7 Å². The second-order valence-electron chi connectivity index (χ2n) is 8.94. The van der Waals surface area contributed by atoms with E-state index in [-0.39, 0.29) is 30.8 Å². The number of amides is 1. The van der Waals surface area contributed by atoms with Crippen LogP contribution in [0.3, 0.4) is 0 Å². The number of hydrogen-bond donors (Lipinski definition) is 1. The van der Waals surface area contributed by atoms with Gasteiger partial charge in [0.05, 0.1) is 12.5 Å². The number of benzene rings is 1. The largest absolute Gasteiger partial charge is 0.481 e. The third kappa shape index (κ3) is 5.37. The molecule has 1 N–H and O–H groups in total. The number of ether oxygens (including phenoxy) is 1. The number of hydrogen-bond acceptors (Lipinski definition) is 6. The highest BCUT2D eigenvalue weighted by molar-refractivity contribution is 5.71. The summed E-state index contributed by atoms with van der Waals surface area (Å²) >= 11 is 0. The van der Waals surface area contributed by atoms with E-state index in [2.05, 4.69) is 45.9 Å². The molecule has 0 spiro atoms. The van der Waals surface area contributed by atoms with Crippen LogP contribution in [0.1, 0.15) is 31.7 Å². The lowest BCUT2D eigenvalue weighted by molar-refractivity contribution is -0.137. The van der Waals surface area contributed by atoms with Crippen molar-refractivity contribution < 1.29 is 19.4 Å². The molecule has 8 heteroatoms. The molecule has 0 aliphatic carbocycles. The van der Waals surface area contributed by atoms with Gasteiger partial charge in [-0.25, -0.2) is 4.79 Å². The predicted octanol–water partition coefficient (Wildman–Crippen LogP) is 1.91. The molecule has 170 valence electrons. The third-order valence-electron chi connectivity index (χ3n) is 6.89. The van der Waals surface area contributed by atoms with Gasteiger partial charge in [-0.3, -0.25) is 19.5 Å². The van der Waals surface area contributed by atoms with E-state index in [1.165, 1.54) is 5.56 Å². The molecule has 8 nitrogen and oxygen atoms in total. The van der Waals surface area contributed by atoms with Crippen LogP contribution < -0.4 is 0 Å². The number of rotatable bonds is 7. The lowest BCUT2D eigenvalue weighted by Gasteiger charge is -2.40. The van der Waals surface area contributed by atoms with Crippen LogP contribution in [0.4, 0.5) is 4.79 Å². The van der Waals surface area contributed by atoms with Gasteiger partial charge in [0.15, 0.2) is 6.23 Å². The van der Waals surface area contributed by atoms with Crippen LogP contribution in [-0.2, 0) is 16.1 Å². The van der Waals surface area contributed by atoms with Gasteiger partial charge in [-0.15, -0.1) is 0 Å². The Labute approximate surface area is 184 Å². The molecule has 1 amide bonds. The number of piperazine rings is 1. The molecule has 2 atom stereocenters. The lowest BCUT2D eigenvalue weighted by atomic mass is 10.0. The maximum Gasteiger partial charge on any atom is 0.412 e. The number of nitrogens with zero attached hydrogens (tertiary/aromatic N) is 4. The van der Waals surface area contributed by atoms with E-state index in [9.17, 15) is 9.59 Å². The molecule has 1 aromatic carbocycles. The summed E-state index contributed by atoms with van der Waals surface area (Å²) in [5.74, 6) is -0.758. The summed E-state index contributed by atoms with van der Waals surface area (Å²) in [6.45, 7) is 8.84. The standard InChI is InChI=1S/C23H34N4O4/c1-18-22(26-15-13-24(14-16-26)12-9-21(28)29)31-23(30)27(18)20-7-10-25(11-8-20)17-19-5-3-2-4-6-19/h2-6,18,20,22H,7-17H2,1H3,(H,28,29). The second kappa shape index (κ2) is 9.97. The summed E-state index contributed by atoms with van der Waals surface area (Å²) < 4.78 is 5.82. The van der Waals surface area contributed by atoms with E-state index in [4.69, 9.17) is 9.84 Å². The van der Waals surface area contributed by atoms with E-state index in [1.54, 1.807) is 0 Å². The van der Waals surface area contributed by atoms with Crippen LogP contribution in [0.2, 0.25) is 0 Å². The molecule has 2 unspecified atom stereocenters. The van der Waals surface area contributed by atoms with Gasteiger partial charge in [0.1, 0.15) is 0 Å². The van der Waals surface area contributed by atoms with Crippen LogP contribution in [0.25, 0.3) is 0 Å². The fourth-order valence-electron chi connectivity index (χ4n) is 5.12. The highest BCUT2D eigenvalue weighted by atomic mass is 16.6. The van der Waals surface area contributed by atoms with Gasteiger partial charge >= 0.3 is 12.1 Å². The summed E-state index contributed by atoms with van der Waals surface area (Å²) in [6, 6.07) is 10.8. The van der Waals surface area contributed by atoms with E-state index in [0.29, 0.717) is 6.54 Å². The molecule has 1 aromatic rings. The number of carboxylic acids is 1. The van der Waals surface area contributed by atoms with Gasteiger partial charge < -0.3 is 14.7 Å². The van der Waals surface area contributed by atoms with Crippen molar-refractivity contribution >= 4 is 12.1 Å². The number of aliphatic carboxylic acids is 1. The van der Waals surface area contributed by atoms with Crippen molar-refractivity contribution in [3.8, 4) is 0 Å². The van der Waals surface area contributed by atoms with Crippen LogP contribution in [0, 0.1) is 0 Å². The SMILES string of the molecule is CC1C(N2CCN(CCC(=O)O)CC2)OC(=O)N1C1CCN(Cc2ccccc2)CC1. The van der Waals surface area contributed by atoms with E-state index < -0.39 is 5.97 Å². The Morgan fingerprint density at radius 1 is 1.03 bits per heavy atom. The third-order valence-corrected chi connectivity index (χ3v) is 6.89. The zero-order chi connectivity index (χ0) is 21.8. The topological polar surface area (TPSA) is 76.6 Å². The lowest BCUT2D eigenvalue weighted by Crippen LogP contribution is -2.55. The van der Waals surface area contributed by atoms with E-state index >= 15 is 0 Å². The van der Waals surface area contributed by atoms with Crippen molar-refractivity contribution in [1.82, 2.24) is 19.6 Å². The molecule has 31 heavy (non-hydrogen) atoms. The highest BCUT2D eigenvalue weighted by Gasteiger charge is 2.46. The zero-order valence-corrected chi connectivity index (χ0v) is 18.4. The minimum atomic E-state index is -0.758. The molecule has 3 aliphatic rings. The van der Waals surface area contributed by atoms with Crippen molar-refractivity contribution in [1.29, 1.82) is 0 Å². The van der Waals surface area contributed by atoms with Crippen molar-refractivity contribution in [2.75, 3.05) is 45.8 Å². The molecule has 0 bridgehead atoms. The molecule has 3 aliphatic heterocycles. The maximum atomic E-state index is 12.7. The smallest absolute Gasteiger partial charge is 0.412 e. The van der Waals surface area contributed by atoms with Gasteiger partial charge in [-0.05, 0) is 25.3 Å². The minimum Gasteiger partial charge on any atom is -0.481 e. The highest BCUT2D eigenvalue weighted by Crippen LogP contribution is 2.29. The van der Waals surface area contributed by atoms with Gasteiger partial charge in [-0.2, -0.15) is 0 Å². The zero-order valence-electron chi connectivity index (χ0n) is 18.4. The first-order valence-corrected chi connectivity index (χ1v) is 11.4. The van der Waals surface area contributed by atoms with Crippen LogP contribution >= 0.6 is 0 Å². The van der Waals surface area contributed by atoms with Gasteiger partial charge in [0.2, 0.25) is 0 Å². The minimum absolute atomic E-state index is 0.0312. The summed E-state index contributed by atoms with van der Waals surface area (Å²) in [4.78, 5) is 32.4. The predicted molar refractivity (Wildman–Crippen MR) is 117 cm³/mol. The molecule has 4 rings (SSSR count). The van der Waals surface area contributed by atoms with Crippen molar-refractivity contribution in [2.24, 2.45) is 0 Å². The first kappa shape index (κ1) is 22.0.